The summed E-state index contributed by atoms with van der Waals surface area (Å²) in [4.78, 5) is 34.9. The molecule has 0 radical (unpaired) electrons. The van der Waals surface area contributed by atoms with E-state index in [0.717, 1.165) is 5.56 Å². The van der Waals surface area contributed by atoms with Crippen molar-refractivity contribution >= 4 is 28.4 Å². The van der Waals surface area contributed by atoms with Crippen molar-refractivity contribution in [3.05, 3.63) is 123 Å². The summed E-state index contributed by atoms with van der Waals surface area (Å²) in [5.41, 5.74) is 2.03. The topological polar surface area (TPSA) is 82.9 Å². The Morgan fingerprint density at radius 1 is 0.857 bits per heavy atom. The molecule has 1 atom stereocenters. The molecule has 0 N–H and O–H groups in total. The van der Waals surface area contributed by atoms with E-state index in [0.29, 0.717) is 50.2 Å². The van der Waals surface area contributed by atoms with E-state index in [9.17, 15) is 9.59 Å². The highest BCUT2D eigenvalue weighted by Crippen LogP contribution is 2.30. The Kier molecular flexibility index (Phi) is 8.45. The summed E-state index contributed by atoms with van der Waals surface area (Å²) in [5, 5.41) is 0.862. The molecule has 0 aliphatic rings. The van der Waals surface area contributed by atoms with E-state index in [-0.39, 0.29) is 18.0 Å². The van der Waals surface area contributed by atoms with Crippen molar-refractivity contribution in [2.45, 2.75) is 19.5 Å². The number of carbonyl (C=O) groups excluding carboxylic acids is 1. The van der Waals surface area contributed by atoms with Crippen LogP contribution in [-0.4, -0.2) is 41.7 Å². The van der Waals surface area contributed by atoms with Crippen molar-refractivity contribution in [3.63, 3.8) is 0 Å². The van der Waals surface area contributed by atoms with E-state index < -0.39 is 6.04 Å². The van der Waals surface area contributed by atoms with Gasteiger partial charge in [0.25, 0.3) is 11.5 Å². The van der Waals surface area contributed by atoms with Crippen LogP contribution >= 0.6 is 11.6 Å². The van der Waals surface area contributed by atoms with Crippen LogP contribution in [0.5, 0.6) is 17.2 Å². The van der Waals surface area contributed by atoms with E-state index in [1.807, 2.05) is 37.3 Å². The highest BCUT2D eigenvalue weighted by Gasteiger charge is 2.29. The van der Waals surface area contributed by atoms with Crippen molar-refractivity contribution in [2.75, 3.05) is 21.3 Å². The standard InChI is InChI=1S/C33H30ClN3O5/c1-21(36(20-22-8-6-5-7-9-22)32(38)23-16-27(41-3)19-28(17-23)42-4)31-35-30-18-24(34)10-15-29(30)33(39)37(31)25-11-13-26(40-2)14-12-25/h5-19,21H,20H2,1-4H3. The number of nitrogens with zero attached hydrogens (tertiary/aromatic N) is 3. The van der Waals surface area contributed by atoms with E-state index in [4.69, 9.17) is 30.8 Å². The first-order valence-electron chi connectivity index (χ1n) is 13.3. The monoisotopic (exact) mass is 583 g/mol. The Hall–Kier alpha value is -4.82. The zero-order valence-electron chi connectivity index (χ0n) is 23.7. The van der Waals surface area contributed by atoms with Gasteiger partial charge in [-0.25, -0.2) is 4.98 Å². The highest BCUT2D eigenvalue weighted by atomic mass is 35.5. The molecular formula is C33H30ClN3O5. The average molecular weight is 584 g/mol. The maximum atomic E-state index is 14.3. The minimum Gasteiger partial charge on any atom is -0.497 e. The molecule has 1 aromatic heterocycles. The summed E-state index contributed by atoms with van der Waals surface area (Å²) >= 11 is 6.30. The van der Waals surface area contributed by atoms with Crippen LogP contribution in [0.4, 0.5) is 0 Å². The molecule has 1 heterocycles. The molecular weight excluding hydrogens is 554 g/mol. The molecule has 1 amide bonds. The third kappa shape index (κ3) is 5.80. The third-order valence-electron chi connectivity index (χ3n) is 7.08. The zero-order valence-corrected chi connectivity index (χ0v) is 24.5. The van der Waals surface area contributed by atoms with Gasteiger partial charge in [0, 0.05) is 23.2 Å². The normalized spacial score (nSPS) is 11.6. The maximum absolute atomic E-state index is 14.3. The van der Waals surface area contributed by atoms with Crippen molar-refractivity contribution < 1.29 is 19.0 Å². The lowest BCUT2D eigenvalue weighted by Gasteiger charge is -2.31. The lowest BCUT2D eigenvalue weighted by molar-refractivity contribution is 0.0663. The number of carbonyl (C=O) groups is 1. The lowest BCUT2D eigenvalue weighted by atomic mass is 10.1. The Morgan fingerprint density at radius 2 is 1.50 bits per heavy atom. The molecule has 214 valence electrons. The number of fused-ring (bicyclic) bond motifs is 1. The maximum Gasteiger partial charge on any atom is 0.266 e. The predicted molar refractivity (Wildman–Crippen MR) is 163 cm³/mol. The molecule has 5 rings (SSSR count). The van der Waals surface area contributed by atoms with Crippen molar-refractivity contribution in [2.24, 2.45) is 0 Å². The second-order valence-corrected chi connectivity index (χ2v) is 10.1. The van der Waals surface area contributed by atoms with Crippen LogP contribution in [-0.2, 0) is 6.54 Å². The number of halogens is 1. The van der Waals surface area contributed by atoms with Crippen LogP contribution in [0.2, 0.25) is 5.02 Å². The van der Waals surface area contributed by atoms with Gasteiger partial charge in [0.05, 0.1) is 44.0 Å². The fraction of sp³-hybridized carbons (Fsp3) is 0.182. The second-order valence-electron chi connectivity index (χ2n) is 9.67. The minimum atomic E-state index is -0.659. The smallest absolute Gasteiger partial charge is 0.266 e. The first-order chi connectivity index (χ1) is 20.3. The molecule has 0 spiro atoms. The minimum absolute atomic E-state index is 0.256. The molecule has 0 saturated carbocycles. The van der Waals surface area contributed by atoms with E-state index in [1.165, 1.54) is 18.8 Å². The van der Waals surface area contributed by atoms with Gasteiger partial charge in [-0.2, -0.15) is 0 Å². The van der Waals surface area contributed by atoms with Gasteiger partial charge >= 0.3 is 0 Å². The molecule has 0 aliphatic carbocycles. The third-order valence-corrected chi connectivity index (χ3v) is 7.32. The van der Waals surface area contributed by atoms with Gasteiger partial charge < -0.3 is 19.1 Å². The van der Waals surface area contributed by atoms with Crippen LogP contribution in [0.15, 0.2) is 95.8 Å². The van der Waals surface area contributed by atoms with Gasteiger partial charge in [-0.3, -0.25) is 14.2 Å². The van der Waals surface area contributed by atoms with E-state index in [1.54, 1.807) is 72.7 Å². The largest absolute Gasteiger partial charge is 0.497 e. The molecule has 1 unspecified atom stereocenters. The second kappa shape index (κ2) is 12.4. The number of ether oxygens (including phenoxy) is 3. The zero-order chi connectivity index (χ0) is 29.8. The number of benzene rings is 4. The summed E-state index contributed by atoms with van der Waals surface area (Å²) in [7, 11) is 4.65. The number of methoxy groups -OCH3 is 3. The summed E-state index contributed by atoms with van der Waals surface area (Å²) < 4.78 is 17.7. The Morgan fingerprint density at radius 3 is 2.12 bits per heavy atom. The van der Waals surface area contributed by atoms with Crippen molar-refractivity contribution in [1.82, 2.24) is 14.5 Å². The molecule has 4 aromatic carbocycles. The van der Waals surface area contributed by atoms with Gasteiger partial charge in [-0.1, -0.05) is 41.9 Å². The van der Waals surface area contributed by atoms with Crippen molar-refractivity contribution in [3.8, 4) is 22.9 Å². The van der Waals surface area contributed by atoms with E-state index in [2.05, 4.69) is 0 Å². The lowest BCUT2D eigenvalue weighted by Crippen LogP contribution is -2.37. The molecule has 0 saturated heterocycles. The summed E-state index contributed by atoms with van der Waals surface area (Å²) in [6.07, 6.45) is 0. The number of hydrogen-bond donors (Lipinski definition) is 0. The van der Waals surface area contributed by atoms with E-state index >= 15 is 0 Å². The van der Waals surface area contributed by atoms with Crippen LogP contribution in [0, 0.1) is 0 Å². The van der Waals surface area contributed by atoms with Crippen LogP contribution in [0.3, 0.4) is 0 Å². The van der Waals surface area contributed by atoms with Crippen LogP contribution in [0.25, 0.3) is 16.6 Å². The fourth-order valence-electron chi connectivity index (χ4n) is 4.84. The van der Waals surface area contributed by atoms with Gasteiger partial charge in [0.2, 0.25) is 0 Å². The number of amides is 1. The average Bonchev–Trinajstić information content (AvgIpc) is 3.03. The van der Waals surface area contributed by atoms with Gasteiger partial charge in [0.15, 0.2) is 0 Å². The Bertz CT molecular complexity index is 1770. The van der Waals surface area contributed by atoms with Crippen LogP contribution in [0.1, 0.15) is 34.7 Å². The summed E-state index contributed by atoms with van der Waals surface area (Å²) in [5.74, 6) is 1.70. The van der Waals surface area contributed by atoms with Gasteiger partial charge in [-0.05, 0) is 67.1 Å². The fourth-order valence-corrected chi connectivity index (χ4v) is 5.00. The molecule has 0 aliphatic heterocycles. The predicted octanol–water partition coefficient (Wildman–Crippen LogP) is 6.47. The van der Waals surface area contributed by atoms with Crippen molar-refractivity contribution in [1.29, 1.82) is 0 Å². The molecule has 0 bridgehead atoms. The Labute approximate surface area is 248 Å². The number of hydrogen-bond acceptors (Lipinski definition) is 6. The summed E-state index contributed by atoms with van der Waals surface area (Å²) in [6, 6.07) is 26.1. The first-order valence-corrected chi connectivity index (χ1v) is 13.7. The molecule has 9 heteroatoms. The van der Waals surface area contributed by atoms with Gasteiger partial charge in [0.1, 0.15) is 23.1 Å². The molecule has 5 aromatic rings. The molecule has 0 fully saturated rings. The first kappa shape index (κ1) is 28.7. The Balaban J connectivity index is 1.72. The highest BCUT2D eigenvalue weighted by molar-refractivity contribution is 6.31. The SMILES string of the molecule is COc1ccc(-n2c(C(C)N(Cc3ccccc3)C(=O)c3cc(OC)cc(OC)c3)nc3cc(Cl)ccc3c2=O)cc1. The number of aromatic nitrogens is 2. The number of rotatable bonds is 9. The summed E-state index contributed by atoms with van der Waals surface area (Å²) in [6.45, 7) is 2.11. The quantitative estimate of drug-likeness (QED) is 0.198. The van der Waals surface area contributed by atoms with Crippen LogP contribution < -0.4 is 19.8 Å². The van der Waals surface area contributed by atoms with Gasteiger partial charge in [-0.15, -0.1) is 0 Å². The molecule has 42 heavy (non-hydrogen) atoms. The molecule has 8 nitrogen and oxygen atoms in total.